The molecule has 2 aromatic rings. The van der Waals surface area contributed by atoms with Gasteiger partial charge in [0, 0.05) is 18.0 Å². The largest absolute Gasteiger partial charge is 0.356 e. The van der Waals surface area contributed by atoms with Crippen LogP contribution in [0.2, 0.25) is 0 Å². The van der Waals surface area contributed by atoms with E-state index in [1.807, 2.05) is 13.8 Å². The highest BCUT2D eigenvalue weighted by atomic mass is 16.1. The Bertz CT molecular complexity index is 795. The molecule has 0 spiro atoms. The third-order valence-electron chi connectivity index (χ3n) is 4.27. The number of hydrogen-bond acceptors (Lipinski definition) is 5. The van der Waals surface area contributed by atoms with Gasteiger partial charge in [0.25, 0.3) is 0 Å². The van der Waals surface area contributed by atoms with E-state index in [9.17, 15) is 4.79 Å². The molecule has 0 bridgehead atoms. The summed E-state index contributed by atoms with van der Waals surface area (Å²) < 4.78 is 2.08. The topological polar surface area (TPSA) is 84.7 Å². The maximum Gasteiger partial charge on any atom is 0.228 e. The van der Waals surface area contributed by atoms with Gasteiger partial charge in [-0.05, 0) is 39.0 Å². The predicted octanol–water partition coefficient (Wildman–Crippen LogP) is 4.41. The Balaban J connectivity index is 2.37. The van der Waals surface area contributed by atoms with Crippen LogP contribution in [0.1, 0.15) is 68.2 Å². The fourth-order valence-electron chi connectivity index (χ4n) is 2.82. The van der Waals surface area contributed by atoms with Crippen molar-refractivity contribution in [2.24, 2.45) is 11.3 Å². The predicted molar refractivity (Wildman–Crippen MR) is 111 cm³/mol. The first-order chi connectivity index (χ1) is 12.4. The fourth-order valence-corrected chi connectivity index (χ4v) is 2.82. The zero-order chi connectivity index (χ0) is 20.4. The van der Waals surface area contributed by atoms with Gasteiger partial charge < -0.3 is 10.6 Å². The molecule has 0 radical (unpaired) electrons. The number of aromatic nitrogens is 4. The normalized spacial score (nSPS) is 12.6. The standard InChI is InChI=1S/C20H34N6O/c1-13(2)17(27)25-15-14-16(23-12-22-15)26(20(6,7)8)18(24-14)21-11-9-10-19(3,4)5/h12-13H,9-11H2,1-8H3,(H,21,24)(H,22,23,25,27). The second-order valence-electron chi connectivity index (χ2n) is 9.57. The van der Waals surface area contributed by atoms with E-state index in [4.69, 9.17) is 4.98 Å². The van der Waals surface area contributed by atoms with Crippen molar-refractivity contribution in [2.75, 3.05) is 17.2 Å². The molecular formula is C20H34N6O. The molecule has 0 atom stereocenters. The second kappa shape index (κ2) is 7.82. The Hall–Kier alpha value is -2.18. The number of anilines is 2. The lowest BCUT2D eigenvalue weighted by atomic mass is 9.91. The molecule has 27 heavy (non-hydrogen) atoms. The highest BCUT2D eigenvalue weighted by molar-refractivity contribution is 5.98. The number of hydrogen-bond donors (Lipinski definition) is 2. The van der Waals surface area contributed by atoms with Crippen LogP contribution >= 0.6 is 0 Å². The molecule has 2 heterocycles. The van der Waals surface area contributed by atoms with Crippen molar-refractivity contribution in [3.05, 3.63) is 6.33 Å². The van der Waals surface area contributed by atoms with E-state index in [0.717, 1.165) is 31.0 Å². The van der Waals surface area contributed by atoms with Crippen molar-refractivity contribution in [2.45, 2.75) is 73.8 Å². The number of nitrogens with zero attached hydrogens (tertiary/aromatic N) is 4. The summed E-state index contributed by atoms with van der Waals surface area (Å²) in [5.41, 5.74) is 1.43. The molecule has 0 saturated carbocycles. The molecule has 0 aromatic carbocycles. The lowest BCUT2D eigenvalue weighted by Crippen LogP contribution is -2.25. The van der Waals surface area contributed by atoms with E-state index in [-0.39, 0.29) is 17.4 Å². The van der Waals surface area contributed by atoms with Crippen molar-refractivity contribution in [3.63, 3.8) is 0 Å². The van der Waals surface area contributed by atoms with E-state index in [1.165, 1.54) is 6.33 Å². The van der Waals surface area contributed by atoms with Crippen molar-refractivity contribution < 1.29 is 4.79 Å². The Morgan fingerprint density at radius 3 is 2.37 bits per heavy atom. The van der Waals surface area contributed by atoms with Crippen LogP contribution in [-0.4, -0.2) is 32.0 Å². The van der Waals surface area contributed by atoms with Gasteiger partial charge in [-0.3, -0.25) is 9.36 Å². The molecular weight excluding hydrogens is 340 g/mol. The SMILES string of the molecule is CC(C)C(=O)Nc1ncnc2c1nc(NCCCC(C)(C)C)n2C(C)(C)C. The summed E-state index contributed by atoms with van der Waals surface area (Å²) in [5, 5.41) is 6.33. The number of amides is 1. The first-order valence-electron chi connectivity index (χ1n) is 9.69. The maximum atomic E-state index is 12.1. The number of rotatable bonds is 6. The molecule has 0 saturated heterocycles. The molecule has 2 N–H and O–H groups in total. The lowest BCUT2D eigenvalue weighted by molar-refractivity contribution is -0.118. The van der Waals surface area contributed by atoms with Gasteiger partial charge in [-0.2, -0.15) is 0 Å². The Morgan fingerprint density at radius 2 is 1.81 bits per heavy atom. The molecule has 0 fully saturated rings. The van der Waals surface area contributed by atoms with E-state index in [0.29, 0.717) is 16.7 Å². The highest BCUT2D eigenvalue weighted by Crippen LogP contribution is 2.30. The average Bonchev–Trinajstić information content (AvgIpc) is 2.90. The third kappa shape index (κ3) is 5.40. The van der Waals surface area contributed by atoms with Gasteiger partial charge in [0.2, 0.25) is 11.9 Å². The number of nitrogens with one attached hydrogen (secondary N) is 2. The lowest BCUT2D eigenvalue weighted by Gasteiger charge is -2.24. The molecule has 7 nitrogen and oxygen atoms in total. The van der Waals surface area contributed by atoms with Crippen LogP contribution in [0, 0.1) is 11.3 Å². The monoisotopic (exact) mass is 374 g/mol. The number of fused-ring (bicyclic) bond motifs is 1. The quantitative estimate of drug-likeness (QED) is 0.731. The molecule has 0 unspecified atom stereocenters. The van der Waals surface area contributed by atoms with E-state index >= 15 is 0 Å². The zero-order valence-corrected chi connectivity index (χ0v) is 18.0. The van der Waals surface area contributed by atoms with E-state index in [1.54, 1.807) is 0 Å². The molecule has 0 aliphatic carbocycles. The summed E-state index contributed by atoms with van der Waals surface area (Å²) in [7, 11) is 0. The molecule has 2 aromatic heterocycles. The minimum absolute atomic E-state index is 0.0833. The van der Waals surface area contributed by atoms with Crippen LogP contribution in [0.3, 0.4) is 0 Å². The van der Waals surface area contributed by atoms with Crippen LogP contribution in [0.5, 0.6) is 0 Å². The average molecular weight is 375 g/mol. The smallest absolute Gasteiger partial charge is 0.228 e. The van der Waals surface area contributed by atoms with Crippen molar-refractivity contribution >= 4 is 28.8 Å². The van der Waals surface area contributed by atoms with Gasteiger partial charge in [-0.15, -0.1) is 0 Å². The van der Waals surface area contributed by atoms with Crippen molar-refractivity contribution in [1.82, 2.24) is 19.5 Å². The molecule has 2 rings (SSSR count). The van der Waals surface area contributed by atoms with Crippen LogP contribution in [0.15, 0.2) is 6.33 Å². The van der Waals surface area contributed by atoms with E-state index < -0.39 is 0 Å². The fraction of sp³-hybridized carbons (Fsp3) is 0.700. The van der Waals surface area contributed by atoms with Gasteiger partial charge in [0.05, 0.1) is 0 Å². The Labute approximate surface area is 162 Å². The Morgan fingerprint density at radius 1 is 1.15 bits per heavy atom. The Kier molecular flexibility index (Phi) is 6.12. The minimum atomic E-state index is -0.214. The molecule has 150 valence electrons. The molecule has 1 amide bonds. The molecule has 7 heteroatoms. The number of carbonyl (C=O) groups excluding carboxylic acids is 1. The van der Waals surface area contributed by atoms with Crippen LogP contribution in [0.25, 0.3) is 11.2 Å². The van der Waals surface area contributed by atoms with Gasteiger partial charge in [0.15, 0.2) is 17.0 Å². The van der Waals surface area contributed by atoms with Crippen LogP contribution in [-0.2, 0) is 10.3 Å². The zero-order valence-electron chi connectivity index (χ0n) is 18.0. The first kappa shape index (κ1) is 21.1. The number of imidazole rings is 1. The summed E-state index contributed by atoms with van der Waals surface area (Å²) in [4.78, 5) is 25.6. The highest BCUT2D eigenvalue weighted by Gasteiger charge is 2.25. The third-order valence-corrected chi connectivity index (χ3v) is 4.27. The second-order valence-corrected chi connectivity index (χ2v) is 9.57. The number of carbonyl (C=O) groups is 1. The molecule has 0 aliphatic rings. The summed E-state index contributed by atoms with van der Waals surface area (Å²) in [6, 6.07) is 0. The molecule has 0 aliphatic heterocycles. The van der Waals surface area contributed by atoms with Gasteiger partial charge in [-0.1, -0.05) is 34.6 Å². The minimum Gasteiger partial charge on any atom is -0.356 e. The summed E-state index contributed by atoms with van der Waals surface area (Å²) in [5.74, 6) is 1.00. The summed E-state index contributed by atoms with van der Waals surface area (Å²) in [6.45, 7) is 17.6. The maximum absolute atomic E-state index is 12.1. The summed E-state index contributed by atoms with van der Waals surface area (Å²) in [6.07, 6.45) is 3.66. The van der Waals surface area contributed by atoms with Crippen LogP contribution < -0.4 is 10.6 Å². The van der Waals surface area contributed by atoms with Gasteiger partial charge in [-0.25, -0.2) is 15.0 Å². The first-order valence-corrected chi connectivity index (χ1v) is 9.69. The van der Waals surface area contributed by atoms with Crippen LogP contribution in [0.4, 0.5) is 11.8 Å². The van der Waals surface area contributed by atoms with E-state index in [2.05, 4.69) is 66.7 Å². The van der Waals surface area contributed by atoms with Crippen molar-refractivity contribution in [1.29, 1.82) is 0 Å². The van der Waals surface area contributed by atoms with Gasteiger partial charge >= 0.3 is 0 Å². The van der Waals surface area contributed by atoms with Gasteiger partial charge in [0.1, 0.15) is 6.33 Å². The van der Waals surface area contributed by atoms with Crippen molar-refractivity contribution in [3.8, 4) is 0 Å². The summed E-state index contributed by atoms with van der Waals surface area (Å²) >= 11 is 0.